The Labute approximate surface area is 168 Å². The van der Waals surface area contributed by atoms with Crippen LogP contribution in [0.3, 0.4) is 0 Å². The Hall–Kier alpha value is -1.69. The molecule has 0 saturated carbocycles. The summed E-state index contributed by atoms with van der Waals surface area (Å²) in [5.74, 6) is -0.292. The largest absolute Gasteiger partial charge is 0.366 e. The summed E-state index contributed by atoms with van der Waals surface area (Å²) in [5, 5.41) is 0.659. The Morgan fingerprint density at radius 1 is 1.07 bits per heavy atom. The van der Waals surface area contributed by atoms with Crippen molar-refractivity contribution in [3.8, 4) is 0 Å². The van der Waals surface area contributed by atoms with E-state index in [0.29, 0.717) is 17.0 Å². The lowest BCUT2D eigenvalue weighted by Gasteiger charge is -2.37. The molecule has 2 N–H and O–H groups in total. The van der Waals surface area contributed by atoms with Gasteiger partial charge in [-0.15, -0.1) is 11.3 Å². The van der Waals surface area contributed by atoms with Crippen LogP contribution in [0.25, 0.3) is 0 Å². The predicted molar refractivity (Wildman–Crippen MR) is 108 cm³/mol. The topological polar surface area (TPSA) is 60.2 Å². The molecule has 4 nitrogen and oxygen atoms in total. The van der Waals surface area contributed by atoms with E-state index in [9.17, 15) is 9.59 Å². The molecule has 2 aliphatic heterocycles. The molecule has 1 aromatic carbocycles. The van der Waals surface area contributed by atoms with Crippen molar-refractivity contribution in [1.29, 1.82) is 0 Å². The van der Waals surface area contributed by atoms with Crippen LogP contribution >= 0.6 is 22.9 Å². The number of amides is 1. The zero-order chi connectivity index (χ0) is 19.0. The molecule has 0 radical (unpaired) electrons. The fraction of sp³-hybridized carbons (Fsp3) is 0.429. The zero-order valence-electron chi connectivity index (χ0n) is 15.3. The van der Waals surface area contributed by atoms with Crippen molar-refractivity contribution in [1.82, 2.24) is 0 Å². The average molecular weight is 404 g/mol. The molecular weight excluding hydrogens is 380 g/mol. The molecule has 142 valence electrons. The molecule has 0 atom stereocenters. The van der Waals surface area contributed by atoms with Crippen LogP contribution in [0.4, 0.5) is 0 Å². The highest BCUT2D eigenvalue weighted by molar-refractivity contribution is 7.12. The highest BCUT2D eigenvalue weighted by Gasteiger charge is 2.39. The number of hydrogen-bond acceptors (Lipinski definition) is 3. The number of carbonyl (C=O) groups excluding carboxylic acids is 2. The monoisotopic (exact) mass is 403 g/mol. The minimum Gasteiger partial charge on any atom is -0.366 e. The molecule has 2 aliphatic rings. The van der Waals surface area contributed by atoms with Crippen LogP contribution in [0.2, 0.25) is 5.02 Å². The maximum absolute atomic E-state index is 12.6. The molecule has 6 heteroatoms. The maximum Gasteiger partial charge on any atom is 0.250 e. The second-order valence-corrected chi connectivity index (χ2v) is 9.44. The van der Waals surface area contributed by atoms with Crippen molar-refractivity contribution in [3.63, 3.8) is 0 Å². The summed E-state index contributed by atoms with van der Waals surface area (Å²) in [6, 6.07) is 7.33. The van der Waals surface area contributed by atoms with Crippen molar-refractivity contribution < 1.29 is 14.1 Å². The number of ketones is 1. The summed E-state index contributed by atoms with van der Waals surface area (Å²) in [7, 11) is 0. The van der Waals surface area contributed by atoms with E-state index in [2.05, 4.69) is 0 Å². The zero-order valence-corrected chi connectivity index (χ0v) is 16.9. The van der Waals surface area contributed by atoms with E-state index in [4.69, 9.17) is 17.3 Å². The summed E-state index contributed by atoms with van der Waals surface area (Å²) in [6.07, 6.45) is 4.09. The van der Waals surface area contributed by atoms with Gasteiger partial charge in [0.15, 0.2) is 0 Å². The Kier molecular flexibility index (Phi) is 5.10. The van der Waals surface area contributed by atoms with Gasteiger partial charge in [-0.2, -0.15) is 0 Å². The second-order valence-electron chi connectivity index (χ2n) is 7.81. The van der Waals surface area contributed by atoms with Crippen molar-refractivity contribution in [2.75, 3.05) is 19.6 Å². The van der Waals surface area contributed by atoms with Crippen LogP contribution in [-0.2, 0) is 30.6 Å². The number of nitrogens with two attached hydrogens (primary N) is 1. The van der Waals surface area contributed by atoms with Crippen molar-refractivity contribution in [2.45, 2.75) is 38.6 Å². The Morgan fingerprint density at radius 3 is 2.44 bits per heavy atom. The molecule has 1 amide bonds. The Bertz CT molecular complexity index is 882. The third kappa shape index (κ3) is 3.82. The molecule has 0 aliphatic carbocycles. The number of halogens is 1. The van der Waals surface area contributed by atoms with Crippen LogP contribution in [-0.4, -0.2) is 35.8 Å². The summed E-state index contributed by atoms with van der Waals surface area (Å²) in [4.78, 5) is 26.9. The molecule has 1 spiro atoms. The van der Waals surface area contributed by atoms with Gasteiger partial charge in [-0.25, -0.2) is 0 Å². The van der Waals surface area contributed by atoms with Gasteiger partial charge in [0.1, 0.15) is 12.3 Å². The normalized spacial score (nSPS) is 17.8. The van der Waals surface area contributed by atoms with E-state index in [1.165, 1.54) is 30.8 Å². The minimum absolute atomic E-state index is 0.100. The summed E-state index contributed by atoms with van der Waals surface area (Å²) < 4.78 is 1.14. The first-order chi connectivity index (χ1) is 13.0. The third-order valence-electron chi connectivity index (χ3n) is 5.91. The molecule has 0 unspecified atom stereocenters. The van der Waals surface area contributed by atoms with Gasteiger partial charge >= 0.3 is 0 Å². The first-order valence-electron chi connectivity index (χ1n) is 9.50. The Balaban J connectivity index is 1.55. The molecule has 1 fully saturated rings. The number of nitrogens with zero attached hydrogens (tertiary/aromatic N) is 1. The number of benzene rings is 1. The first-order valence-corrected chi connectivity index (χ1v) is 10.7. The van der Waals surface area contributed by atoms with Crippen molar-refractivity contribution in [3.05, 3.63) is 55.7 Å². The lowest BCUT2D eigenvalue weighted by Crippen LogP contribution is -2.48. The quantitative estimate of drug-likeness (QED) is 0.776. The first kappa shape index (κ1) is 18.7. The number of quaternary nitrogens is 1. The summed E-state index contributed by atoms with van der Waals surface area (Å²) in [6.45, 7) is 4.54. The molecule has 2 aromatic rings. The fourth-order valence-electron chi connectivity index (χ4n) is 4.56. The van der Waals surface area contributed by atoms with Crippen LogP contribution in [0.1, 0.15) is 44.1 Å². The number of fused-ring (bicyclic) bond motifs is 1. The standard InChI is InChI=1S/C21H23ClN2O2S/c22-15-5-3-14(4-6-15)11-16(25)12-18-20(21(23)26)17-7-10-24(8-1-2-9-24)13-19(17)27-18/h3-6H,1-2,7-13H2,(H-,23,26)/p+1. The number of hydrogen-bond donors (Lipinski definition) is 1. The lowest BCUT2D eigenvalue weighted by atomic mass is 9.97. The van der Waals surface area contributed by atoms with E-state index < -0.39 is 5.91 Å². The van der Waals surface area contributed by atoms with Gasteiger partial charge in [0.05, 0.1) is 30.1 Å². The highest BCUT2D eigenvalue weighted by atomic mass is 35.5. The number of thiophene rings is 1. The molecule has 27 heavy (non-hydrogen) atoms. The number of rotatable bonds is 5. The van der Waals surface area contributed by atoms with E-state index in [1.54, 1.807) is 23.5 Å². The average Bonchev–Trinajstić information content (AvgIpc) is 3.21. The van der Waals surface area contributed by atoms with E-state index in [1.807, 2.05) is 12.1 Å². The molecular formula is C21H24ClN2O2S+. The second kappa shape index (κ2) is 7.38. The van der Waals surface area contributed by atoms with Gasteiger partial charge in [0.25, 0.3) is 0 Å². The number of Topliss-reactive ketones (excluding diaryl/α,β-unsaturated/α-hetero) is 1. The van der Waals surface area contributed by atoms with Gasteiger partial charge in [-0.05, 0) is 23.3 Å². The van der Waals surface area contributed by atoms with Gasteiger partial charge < -0.3 is 10.2 Å². The molecule has 0 bridgehead atoms. The summed E-state index contributed by atoms with van der Waals surface area (Å²) >= 11 is 7.54. The third-order valence-corrected chi connectivity index (χ3v) is 7.38. The van der Waals surface area contributed by atoms with E-state index >= 15 is 0 Å². The lowest BCUT2D eigenvalue weighted by molar-refractivity contribution is -0.931. The van der Waals surface area contributed by atoms with Crippen LogP contribution < -0.4 is 5.73 Å². The molecule has 3 heterocycles. The van der Waals surface area contributed by atoms with E-state index in [0.717, 1.165) is 40.0 Å². The molecule has 4 rings (SSSR count). The summed E-state index contributed by atoms with van der Waals surface area (Å²) in [5.41, 5.74) is 8.38. The van der Waals surface area contributed by atoms with E-state index in [-0.39, 0.29) is 12.2 Å². The van der Waals surface area contributed by atoms with Crippen molar-refractivity contribution >= 4 is 34.6 Å². The van der Waals surface area contributed by atoms with Crippen LogP contribution in [0.5, 0.6) is 0 Å². The minimum atomic E-state index is -0.392. The van der Waals surface area contributed by atoms with Gasteiger partial charge in [0.2, 0.25) is 5.91 Å². The maximum atomic E-state index is 12.6. The number of carbonyl (C=O) groups is 2. The van der Waals surface area contributed by atoms with Gasteiger partial charge in [-0.1, -0.05) is 23.7 Å². The van der Waals surface area contributed by atoms with Gasteiger partial charge in [0, 0.05) is 42.0 Å². The molecule has 1 aromatic heterocycles. The predicted octanol–water partition coefficient (Wildman–Crippen LogP) is 3.52. The highest BCUT2D eigenvalue weighted by Crippen LogP contribution is 2.38. The number of primary amides is 1. The van der Waals surface area contributed by atoms with Gasteiger partial charge in [-0.3, -0.25) is 9.59 Å². The van der Waals surface area contributed by atoms with Crippen LogP contribution in [0, 0.1) is 0 Å². The fourth-order valence-corrected chi connectivity index (χ4v) is 6.21. The SMILES string of the molecule is NC(=O)c1c(CC(=O)Cc2ccc(Cl)cc2)sc2c1CC[N+]1(CCCC1)C2. The smallest absolute Gasteiger partial charge is 0.250 e. The Morgan fingerprint density at radius 2 is 1.78 bits per heavy atom. The van der Waals surface area contributed by atoms with Crippen LogP contribution in [0.15, 0.2) is 24.3 Å². The van der Waals surface area contributed by atoms with Crippen molar-refractivity contribution in [2.24, 2.45) is 5.73 Å². The molecule has 1 saturated heterocycles.